The number of fused-ring (bicyclic) bond motifs is 1. The first kappa shape index (κ1) is 17.1. The molecule has 0 aliphatic carbocycles. The number of carbonyl (C=O) groups is 1. The van der Waals surface area contributed by atoms with Gasteiger partial charge in [0, 0.05) is 25.8 Å². The van der Waals surface area contributed by atoms with E-state index in [1.165, 1.54) is 5.56 Å². The van der Waals surface area contributed by atoms with E-state index in [0.717, 1.165) is 23.5 Å². The highest BCUT2D eigenvalue weighted by Gasteiger charge is 2.35. The molecule has 0 saturated carbocycles. The third-order valence-corrected chi connectivity index (χ3v) is 4.94. The largest absolute Gasteiger partial charge is 0.497 e. The summed E-state index contributed by atoms with van der Waals surface area (Å²) in [5, 5.41) is 2.75. The van der Waals surface area contributed by atoms with Crippen LogP contribution >= 0.6 is 0 Å². The monoisotopic (exact) mass is 339 g/mol. The number of nitrogens with one attached hydrogen (secondary N) is 1. The molecule has 2 atom stereocenters. The van der Waals surface area contributed by atoms with Gasteiger partial charge in [0.15, 0.2) is 0 Å². The van der Waals surface area contributed by atoms with Gasteiger partial charge in [-0.25, -0.2) is 4.79 Å². The number of nitrogens with zero attached hydrogens (tertiary/aromatic N) is 2. The van der Waals surface area contributed by atoms with Crippen LogP contribution in [0.15, 0.2) is 48.5 Å². The Morgan fingerprint density at radius 3 is 2.52 bits per heavy atom. The molecule has 3 rings (SSSR count). The summed E-state index contributed by atoms with van der Waals surface area (Å²) in [6.07, 6.45) is 0.868. The van der Waals surface area contributed by atoms with E-state index in [1.54, 1.807) is 14.2 Å². The van der Waals surface area contributed by atoms with Crippen LogP contribution in [0.5, 0.6) is 5.75 Å². The molecule has 2 unspecified atom stereocenters. The van der Waals surface area contributed by atoms with E-state index in [2.05, 4.69) is 42.4 Å². The standard InChI is InChI=1S/C20H25N3O2/c1-14-13-19(22(3)15-9-11-16(25-4)12-10-15)17-7-5-6-8-18(17)23(14)20(24)21-2/h5-12,14,19H,13H2,1-4H3,(H,21,24). The Bertz CT molecular complexity index is 745. The second-order valence-electron chi connectivity index (χ2n) is 6.39. The van der Waals surface area contributed by atoms with Crippen LogP contribution in [0.25, 0.3) is 0 Å². The number of hydrogen-bond acceptors (Lipinski definition) is 3. The van der Waals surface area contributed by atoms with E-state index in [9.17, 15) is 4.79 Å². The molecular formula is C20H25N3O2. The summed E-state index contributed by atoms with van der Waals surface area (Å²) in [7, 11) is 5.45. The molecule has 1 aliphatic heterocycles. The van der Waals surface area contributed by atoms with Crippen molar-refractivity contribution in [1.29, 1.82) is 0 Å². The van der Waals surface area contributed by atoms with Crippen molar-refractivity contribution in [3.63, 3.8) is 0 Å². The van der Waals surface area contributed by atoms with Crippen LogP contribution in [-0.2, 0) is 0 Å². The van der Waals surface area contributed by atoms with E-state index in [1.807, 2.05) is 35.2 Å². The molecule has 0 bridgehead atoms. The molecule has 0 aromatic heterocycles. The fourth-order valence-electron chi connectivity index (χ4n) is 3.58. The lowest BCUT2D eigenvalue weighted by Crippen LogP contribution is -2.49. The molecule has 5 nitrogen and oxygen atoms in total. The zero-order valence-corrected chi connectivity index (χ0v) is 15.2. The van der Waals surface area contributed by atoms with Crippen LogP contribution in [0.1, 0.15) is 24.9 Å². The Hall–Kier alpha value is -2.69. The van der Waals surface area contributed by atoms with Gasteiger partial charge in [0.2, 0.25) is 0 Å². The van der Waals surface area contributed by atoms with E-state index in [0.29, 0.717) is 0 Å². The van der Waals surface area contributed by atoms with Crippen molar-refractivity contribution in [1.82, 2.24) is 5.32 Å². The number of para-hydroxylation sites is 1. The number of anilines is 2. The molecule has 0 spiro atoms. The number of methoxy groups -OCH3 is 1. The minimum atomic E-state index is -0.0644. The van der Waals surface area contributed by atoms with E-state index < -0.39 is 0 Å². The quantitative estimate of drug-likeness (QED) is 0.925. The molecule has 2 amide bonds. The Morgan fingerprint density at radius 1 is 1.20 bits per heavy atom. The topological polar surface area (TPSA) is 44.8 Å². The average Bonchev–Trinajstić information content (AvgIpc) is 2.66. The van der Waals surface area contributed by atoms with Gasteiger partial charge in [-0.1, -0.05) is 18.2 Å². The highest BCUT2D eigenvalue weighted by molar-refractivity contribution is 5.94. The van der Waals surface area contributed by atoms with Crippen LogP contribution < -0.4 is 19.9 Å². The predicted molar refractivity (Wildman–Crippen MR) is 102 cm³/mol. The lowest BCUT2D eigenvalue weighted by molar-refractivity contribution is 0.244. The Balaban J connectivity index is 1.97. The molecule has 2 aromatic carbocycles. The van der Waals surface area contributed by atoms with Gasteiger partial charge in [0.25, 0.3) is 0 Å². The minimum Gasteiger partial charge on any atom is -0.497 e. The number of hydrogen-bond donors (Lipinski definition) is 1. The lowest BCUT2D eigenvalue weighted by atomic mass is 9.90. The summed E-state index contributed by atoms with van der Waals surface area (Å²) < 4.78 is 5.25. The maximum atomic E-state index is 12.3. The first-order chi connectivity index (χ1) is 12.1. The normalized spacial score (nSPS) is 19.1. The Kier molecular flexibility index (Phi) is 4.83. The van der Waals surface area contributed by atoms with Crippen molar-refractivity contribution >= 4 is 17.4 Å². The summed E-state index contributed by atoms with van der Waals surface area (Å²) in [4.78, 5) is 16.5. The summed E-state index contributed by atoms with van der Waals surface area (Å²) in [6, 6.07) is 16.5. The molecule has 1 aliphatic rings. The number of amides is 2. The molecule has 1 N–H and O–H groups in total. The second kappa shape index (κ2) is 7.05. The van der Waals surface area contributed by atoms with Crippen LogP contribution in [0.3, 0.4) is 0 Å². The minimum absolute atomic E-state index is 0.0644. The number of carbonyl (C=O) groups excluding carboxylic acids is 1. The highest BCUT2D eigenvalue weighted by atomic mass is 16.5. The summed E-state index contributed by atoms with van der Waals surface area (Å²) in [6.45, 7) is 2.10. The van der Waals surface area contributed by atoms with Gasteiger partial charge in [-0.05, 0) is 49.2 Å². The van der Waals surface area contributed by atoms with Crippen LogP contribution in [0, 0.1) is 0 Å². The van der Waals surface area contributed by atoms with Crippen molar-refractivity contribution in [3.05, 3.63) is 54.1 Å². The fraction of sp³-hybridized carbons (Fsp3) is 0.350. The summed E-state index contributed by atoms with van der Waals surface area (Å²) in [5.74, 6) is 0.848. The van der Waals surface area contributed by atoms with Crippen LogP contribution in [-0.4, -0.2) is 33.3 Å². The van der Waals surface area contributed by atoms with E-state index >= 15 is 0 Å². The summed E-state index contributed by atoms with van der Waals surface area (Å²) in [5.41, 5.74) is 3.27. The lowest BCUT2D eigenvalue weighted by Gasteiger charge is -2.43. The zero-order chi connectivity index (χ0) is 18.0. The smallest absolute Gasteiger partial charge is 0.321 e. The van der Waals surface area contributed by atoms with Crippen molar-refractivity contribution < 1.29 is 9.53 Å². The van der Waals surface area contributed by atoms with Crippen LogP contribution in [0.4, 0.5) is 16.2 Å². The van der Waals surface area contributed by atoms with E-state index in [4.69, 9.17) is 4.74 Å². The highest BCUT2D eigenvalue weighted by Crippen LogP contribution is 2.41. The SMILES string of the molecule is CNC(=O)N1c2ccccc2C(N(C)c2ccc(OC)cc2)CC1C. The molecule has 0 fully saturated rings. The van der Waals surface area contributed by atoms with Gasteiger partial charge in [0.05, 0.1) is 18.8 Å². The van der Waals surface area contributed by atoms with E-state index in [-0.39, 0.29) is 18.1 Å². The first-order valence-corrected chi connectivity index (χ1v) is 8.53. The number of rotatable bonds is 3. The molecule has 25 heavy (non-hydrogen) atoms. The van der Waals surface area contributed by atoms with Crippen molar-refractivity contribution in [2.24, 2.45) is 0 Å². The summed E-state index contributed by atoms with van der Waals surface area (Å²) >= 11 is 0. The third kappa shape index (κ3) is 3.14. The van der Waals surface area contributed by atoms with Gasteiger partial charge in [0.1, 0.15) is 5.75 Å². The predicted octanol–water partition coefficient (Wildman–Crippen LogP) is 3.81. The molecule has 0 saturated heterocycles. The zero-order valence-electron chi connectivity index (χ0n) is 15.2. The molecule has 2 aromatic rings. The number of urea groups is 1. The van der Waals surface area contributed by atoms with Gasteiger partial charge < -0.3 is 15.0 Å². The van der Waals surface area contributed by atoms with Gasteiger partial charge in [-0.2, -0.15) is 0 Å². The fourth-order valence-corrected chi connectivity index (χ4v) is 3.58. The maximum Gasteiger partial charge on any atom is 0.321 e. The third-order valence-electron chi connectivity index (χ3n) is 4.94. The molecule has 1 heterocycles. The van der Waals surface area contributed by atoms with Crippen molar-refractivity contribution in [2.45, 2.75) is 25.4 Å². The van der Waals surface area contributed by atoms with Gasteiger partial charge >= 0.3 is 6.03 Å². The number of benzene rings is 2. The molecule has 132 valence electrons. The molecule has 5 heteroatoms. The average molecular weight is 339 g/mol. The van der Waals surface area contributed by atoms with Crippen molar-refractivity contribution in [3.8, 4) is 5.75 Å². The molecule has 0 radical (unpaired) electrons. The van der Waals surface area contributed by atoms with Gasteiger partial charge in [-0.15, -0.1) is 0 Å². The second-order valence-corrected chi connectivity index (χ2v) is 6.39. The Labute approximate surface area is 149 Å². The van der Waals surface area contributed by atoms with Gasteiger partial charge in [-0.3, -0.25) is 4.90 Å². The Morgan fingerprint density at radius 2 is 1.88 bits per heavy atom. The first-order valence-electron chi connectivity index (χ1n) is 8.53. The van der Waals surface area contributed by atoms with Crippen molar-refractivity contribution in [2.75, 3.05) is 31.0 Å². The number of ether oxygens (including phenoxy) is 1. The van der Waals surface area contributed by atoms with Crippen LogP contribution in [0.2, 0.25) is 0 Å². The maximum absolute atomic E-state index is 12.3. The molecular weight excluding hydrogens is 314 g/mol.